The minimum absolute atomic E-state index is 0.0996. The average Bonchev–Trinajstić information content (AvgIpc) is 3.09. The van der Waals surface area contributed by atoms with Crippen LogP contribution in [0, 0.1) is 5.41 Å². The minimum Gasteiger partial charge on any atom is -0.455 e. The van der Waals surface area contributed by atoms with Crippen molar-refractivity contribution in [1.29, 1.82) is 0 Å². The molecule has 6 heteroatoms. The maximum Gasteiger partial charge on any atom is 0.313 e. The van der Waals surface area contributed by atoms with Gasteiger partial charge < -0.3 is 10.1 Å². The van der Waals surface area contributed by atoms with Crippen molar-refractivity contribution in [2.75, 3.05) is 6.61 Å². The SMILES string of the molecule is CCCC(C)NC(=O)COC(=O)C1(Cc2nc3ccccc3s2)CCCCC1. The normalized spacial score (nSPS) is 17.2. The molecule has 1 amide bonds. The quantitative estimate of drug-likeness (QED) is 0.653. The van der Waals surface area contributed by atoms with Crippen LogP contribution < -0.4 is 5.32 Å². The molecule has 0 saturated heterocycles. The Hall–Kier alpha value is -1.95. The fourth-order valence-electron chi connectivity index (χ4n) is 4.07. The molecule has 1 aromatic carbocycles. The van der Waals surface area contributed by atoms with E-state index in [0.717, 1.165) is 60.2 Å². The van der Waals surface area contributed by atoms with Crippen LogP contribution in [0.5, 0.6) is 0 Å². The Balaban J connectivity index is 1.66. The first-order valence-corrected chi connectivity index (χ1v) is 11.1. The molecular formula is C22H30N2O3S. The molecule has 1 unspecified atom stereocenters. The van der Waals surface area contributed by atoms with Gasteiger partial charge in [0.1, 0.15) is 0 Å². The number of thiazole rings is 1. The number of fused-ring (bicyclic) bond motifs is 1. The summed E-state index contributed by atoms with van der Waals surface area (Å²) in [7, 11) is 0. The second-order valence-electron chi connectivity index (χ2n) is 7.93. The van der Waals surface area contributed by atoms with Crippen molar-refractivity contribution in [1.82, 2.24) is 10.3 Å². The van der Waals surface area contributed by atoms with Crippen molar-refractivity contribution in [3.05, 3.63) is 29.3 Å². The first kappa shape index (κ1) is 20.8. The third-order valence-corrected chi connectivity index (χ3v) is 6.57. The Morgan fingerprint density at radius 3 is 2.71 bits per heavy atom. The minimum atomic E-state index is -0.554. The Morgan fingerprint density at radius 1 is 1.25 bits per heavy atom. The lowest BCUT2D eigenvalue weighted by Gasteiger charge is -2.34. The van der Waals surface area contributed by atoms with Gasteiger partial charge in [0, 0.05) is 12.5 Å². The van der Waals surface area contributed by atoms with E-state index in [1.807, 2.05) is 25.1 Å². The molecule has 1 aliphatic carbocycles. The molecule has 0 bridgehead atoms. The first-order chi connectivity index (χ1) is 13.5. The average molecular weight is 403 g/mol. The van der Waals surface area contributed by atoms with E-state index in [1.165, 1.54) is 0 Å². The second kappa shape index (κ2) is 9.50. The van der Waals surface area contributed by atoms with E-state index in [-0.39, 0.29) is 24.5 Å². The predicted octanol–water partition coefficient (Wildman–Crippen LogP) is 4.64. The van der Waals surface area contributed by atoms with Gasteiger partial charge in [-0.25, -0.2) is 4.98 Å². The van der Waals surface area contributed by atoms with Crippen molar-refractivity contribution in [3.8, 4) is 0 Å². The van der Waals surface area contributed by atoms with Crippen LogP contribution in [0.25, 0.3) is 10.2 Å². The van der Waals surface area contributed by atoms with Gasteiger partial charge >= 0.3 is 5.97 Å². The van der Waals surface area contributed by atoms with Gasteiger partial charge in [-0.05, 0) is 38.3 Å². The lowest BCUT2D eigenvalue weighted by molar-refractivity contribution is -0.161. The zero-order chi connectivity index (χ0) is 20.0. The summed E-state index contributed by atoms with van der Waals surface area (Å²) in [6.45, 7) is 3.85. The van der Waals surface area contributed by atoms with Crippen LogP contribution in [0.2, 0.25) is 0 Å². The summed E-state index contributed by atoms with van der Waals surface area (Å²) in [5.74, 6) is -0.468. The summed E-state index contributed by atoms with van der Waals surface area (Å²) in [5.41, 5.74) is 0.424. The molecule has 0 spiro atoms. The maximum atomic E-state index is 13.0. The van der Waals surface area contributed by atoms with Gasteiger partial charge in [-0.2, -0.15) is 0 Å². The Morgan fingerprint density at radius 2 is 2.00 bits per heavy atom. The Kier molecular flexibility index (Phi) is 7.05. The maximum absolute atomic E-state index is 13.0. The van der Waals surface area contributed by atoms with Crippen molar-refractivity contribution in [2.45, 2.75) is 71.3 Å². The van der Waals surface area contributed by atoms with Gasteiger partial charge in [-0.15, -0.1) is 11.3 Å². The number of nitrogens with one attached hydrogen (secondary N) is 1. The lowest BCUT2D eigenvalue weighted by atomic mass is 9.72. The Labute approximate surface area is 170 Å². The number of amides is 1. The van der Waals surface area contributed by atoms with E-state index in [9.17, 15) is 9.59 Å². The highest BCUT2D eigenvalue weighted by molar-refractivity contribution is 7.18. The number of hydrogen-bond acceptors (Lipinski definition) is 5. The van der Waals surface area contributed by atoms with Crippen LogP contribution in [0.1, 0.15) is 63.8 Å². The van der Waals surface area contributed by atoms with Crippen molar-refractivity contribution in [3.63, 3.8) is 0 Å². The van der Waals surface area contributed by atoms with Crippen LogP contribution >= 0.6 is 11.3 Å². The smallest absolute Gasteiger partial charge is 0.313 e. The van der Waals surface area contributed by atoms with Gasteiger partial charge in [0.15, 0.2) is 6.61 Å². The fraction of sp³-hybridized carbons (Fsp3) is 0.591. The highest BCUT2D eigenvalue weighted by Crippen LogP contribution is 2.41. The molecular weight excluding hydrogens is 372 g/mol. The molecule has 152 valence electrons. The van der Waals surface area contributed by atoms with Crippen LogP contribution in [-0.2, 0) is 20.7 Å². The third kappa shape index (κ3) is 5.10. The van der Waals surface area contributed by atoms with E-state index in [1.54, 1.807) is 11.3 Å². The predicted molar refractivity (Wildman–Crippen MR) is 112 cm³/mol. The second-order valence-corrected chi connectivity index (χ2v) is 9.04. The number of benzene rings is 1. The van der Waals surface area contributed by atoms with Crippen LogP contribution in [0.3, 0.4) is 0 Å². The number of esters is 1. The summed E-state index contributed by atoms with van der Waals surface area (Å²) in [6.07, 6.45) is 7.29. The molecule has 1 atom stereocenters. The van der Waals surface area contributed by atoms with Gasteiger partial charge in [0.25, 0.3) is 5.91 Å². The third-order valence-electron chi connectivity index (χ3n) is 5.53. The number of hydrogen-bond donors (Lipinski definition) is 1. The number of aromatic nitrogens is 1. The molecule has 1 heterocycles. The number of carbonyl (C=O) groups is 2. The molecule has 0 radical (unpaired) electrons. The highest BCUT2D eigenvalue weighted by Gasteiger charge is 2.42. The molecule has 1 fully saturated rings. The van der Waals surface area contributed by atoms with Crippen LogP contribution in [0.4, 0.5) is 0 Å². The molecule has 1 aromatic heterocycles. The molecule has 1 saturated carbocycles. The fourth-order valence-corrected chi connectivity index (χ4v) is 5.18. The standard InChI is InChI=1S/C22H30N2O3S/c1-3-9-16(2)23-19(25)15-27-21(26)22(12-7-4-8-13-22)14-20-24-17-10-5-6-11-18(17)28-20/h5-6,10-11,16H,3-4,7-9,12-15H2,1-2H3,(H,23,25). The number of para-hydroxylation sites is 1. The number of ether oxygens (including phenoxy) is 1. The first-order valence-electron chi connectivity index (χ1n) is 10.3. The molecule has 3 rings (SSSR count). The molecule has 1 aliphatic rings. The highest BCUT2D eigenvalue weighted by atomic mass is 32.1. The van der Waals surface area contributed by atoms with E-state index in [4.69, 9.17) is 9.72 Å². The number of nitrogens with zero attached hydrogens (tertiary/aromatic N) is 1. The van der Waals surface area contributed by atoms with E-state index in [2.05, 4.69) is 18.3 Å². The van der Waals surface area contributed by atoms with Crippen LogP contribution in [-0.4, -0.2) is 29.5 Å². The van der Waals surface area contributed by atoms with E-state index >= 15 is 0 Å². The zero-order valence-electron chi connectivity index (χ0n) is 16.8. The van der Waals surface area contributed by atoms with Crippen molar-refractivity contribution >= 4 is 33.4 Å². The summed E-state index contributed by atoms with van der Waals surface area (Å²) in [4.78, 5) is 29.8. The molecule has 1 N–H and O–H groups in total. The van der Waals surface area contributed by atoms with Crippen molar-refractivity contribution < 1.29 is 14.3 Å². The number of rotatable bonds is 8. The monoisotopic (exact) mass is 402 g/mol. The lowest BCUT2D eigenvalue weighted by Crippen LogP contribution is -2.40. The van der Waals surface area contributed by atoms with E-state index < -0.39 is 5.41 Å². The molecule has 0 aliphatic heterocycles. The summed E-state index contributed by atoms with van der Waals surface area (Å²) >= 11 is 1.65. The summed E-state index contributed by atoms with van der Waals surface area (Å²) in [6, 6.07) is 8.15. The summed E-state index contributed by atoms with van der Waals surface area (Å²) < 4.78 is 6.64. The van der Waals surface area contributed by atoms with Gasteiger partial charge in [0.2, 0.25) is 0 Å². The van der Waals surface area contributed by atoms with Crippen molar-refractivity contribution in [2.24, 2.45) is 5.41 Å². The topological polar surface area (TPSA) is 68.3 Å². The van der Waals surface area contributed by atoms with Gasteiger partial charge in [-0.1, -0.05) is 44.7 Å². The van der Waals surface area contributed by atoms with Crippen LogP contribution in [0.15, 0.2) is 24.3 Å². The molecule has 2 aromatic rings. The molecule has 5 nitrogen and oxygen atoms in total. The molecule has 28 heavy (non-hydrogen) atoms. The Bertz CT molecular complexity index is 778. The summed E-state index contributed by atoms with van der Waals surface area (Å²) in [5, 5.41) is 3.87. The van der Waals surface area contributed by atoms with E-state index in [0.29, 0.717) is 6.42 Å². The van der Waals surface area contributed by atoms with Gasteiger partial charge in [0.05, 0.1) is 20.6 Å². The largest absolute Gasteiger partial charge is 0.455 e. The van der Waals surface area contributed by atoms with Gasteiger partial charge in [-0.3, -0.25) is 9.59 Å². The zero-order valence-corrected chi connectivity index (χ0v) is 17.6. The number of carbonyl (C=O) groups excluding carboxylic acids is 2.